The van der Waals surface area contributed by atoms with Gasteiger partial charge in [-0.3, -0.25) is 9.59 Å². The second kappa shape index (κ2) is 7.41. The molecule has 0 aromatic heterocycles. The van der Waals surface area contributed by atoms with E-state index in [4.69, 9.17) is 0 Å². The van der Waals surface area contributed by atoms with Crippen LogP contribution in [0.25, 0.3) is 0 Å². The van der Waals surface area contributed by atoms with Crippen molar-refractivity contribution in [1.29, 1.82) is 0 Å². The molecular weight excluding hydrogens is 276 g/mol. The summed E-state index contributed by atoms with van der Waals surface area (Å²) in [7, 11) is 0. The quantitative estimate of drug-likeness (QED) is 0.891. The molecular formula is C18H20N2O2. The van der Waals surface area contributed by atoms with Gasteiger partial charge in [0.2, 0.25) is 11.8 Å². The first-order valence-corrected chi connectivity index (χ1v) is 7.22. The van der Waals surface area contributed by atoms with Gasteiger partial charge in [0.05, 0.1) is 13.0 Å². The molecule has 0 radical (unpaired) electrons. The third-order valence-corrected chi connectivity index (χ3v) is 3.35. The molecule has 0 bridgehead atoms. The Kier molecular flexibility index (Phi) is 5.31. The molecule has 0 aliphatic rings. The van der Waals surface area contributed by atoms with E-state index in [1.165, 1.54) is 0 Å². The van der Waals surface area contributed by atoms with Crippen LogP contribution in [-0.4, -0.2) is 18.4 Å². The van der Waals surface area contributed by atoms with Gasteiger partial charge in [-0.05, 0) is 31.0 Å². The van der Waals surface area contributed by atoms with Crippen molar-refractivity contribution in [2.45, 2.75) is 20.3 Å². The molecule has 2 aromatic rings. The number of carbonyl (C=O) groups excluding carboxylic acids is 2. The molecule has 2 N–H and O–H groups in total. The highest BCUT2D eigenvalue weighted by Crippen LogP contribution is 2.12. The molecule has 0 unspecified atom stereocenters. The van der Waals surface area contributed by atoms with E-state index < -0.39 is 0 Å². The summed E-state index contributed by atoms with van der Waals surface area (Å²) in [6, 6.07) is 15.3. The molecule has 0 aliphatic heterocycles. The van der Waals surface area contributed by atoms with Gasteiger partial charge in [-0.15, -0.1) is 0 Å². The van der Waals surface area contributed by atoms with Crippen molar-refractivity contribution in [3.63, 3.8) is 0 Å². The predicted octanol–water partition coefficient (Wildman–Crippen LogP) is 2.60. The zero-order valence-corrected chi connectivity index (χ0v) is 12.8. The van der Waals surface area contributed by atoms with Gasteiger partial charge < -0.3 is 10.6 Å². The number of rotatable bonds is 5. The summed E-state index contributed by atoms with van der Waals surface area (Å²) in [5.74, 6) is -0.393. The van der Waals surface area contributed by atoms with Crippen molar-refractivity contribution in [3.05, 3.63) is 65.2 Å². The highest BCUT2D eigenvalue weighted by molar-refractivity contribution is 5.95. The van der Waals surface area contributed by atoms with E-state index in [0.717, 1.165) is 22.4 Å². The van der Waals surface area contributed by atoms with Gasteiger partial charge in [-0.25, -0.2) is 0 Å². The first-order chi connectivity index (χ1) is 10.5. The maximum Gasteiger partial charge on any atom is 0.243 e. The molecule has 2 amide bonds. The van der Waals surface area contributed by atoms with E-state index >= 15 is 0 Å². The lowest BCUT2D eigenvalue weighted by atomic mass is 10.1. The number of carbonyl (C=O) groups is 2. The minimum Gasteiger partial charge on any atom is -0.347 e. The van der Waals surface area contributed by atoms with Crippen molar-refractivity contribution in [1.82, 2.24) is 5.32 Å². The van der Waals surface area contributed by atoms with Gasteiger partial charge in [0.25, 0.3) is 0 Å². The van der Waals surface area contributed by atoms with Gasteiger partial charge in [0, 0.05) is 5.69 Å². The Morgan fingerprint density at radius 1 is 0.909 bits per heavy atom. The summed E-state index contributed by atoms with van der Waals surface area (Å²) in [6.45, 7) is 3.89. The number of hydrogen-bond acceptors (Lipinski definition) is 2. The van der Waals surface area contributed by atoms with E-state index in [1.807, 2.05) is 62.4 Å². The number of benzene rings is 2. The second-order valence-electron chi connectivity index (χ2n) is 5.30. The van der Waals surface area contributed by atoms with E-state index in [2.05, 4.69) is 10.6 Å². The van der Waals surface area contributed by atoms with Gasteiger partial charge in [0.15, 0.2) is 0 Å². The van der Waals surface area contributed by atoms with E-state index in [1.54, 1.807) is 0 Å². The molecule has 0 heterocycles. The van der Waals surface area contributed by atoms with Crippen LogP contribution in [0.15, 0.2) is 48.5 Å². The summed E-state index contributed by atoms with van der Waals surface area (Å²) in [5.41, 5.74) is 3.84. The molecule has 0 saturated heterocycles. The number of hydrogen-bond donors (Lipinski definition) is 2. The van der Waals surface area contributed by atoms with Crippen molar-refractivity contribution in [2.75, 3.05) is 11.9 Å². The first-order valence-electron chi connectivity index (χ1n) is 7.22. The Hall–Kier alpha value is -2.62. The van der Waals surface area contributed by atoms with Gasteiger partial charge in [-0.1, -0.05) is 48.0 Å². The molecule has 0 atom stereocenters. The van der Waals surface area contributed by atoms with Crippen LogP contribution in [0.1, 0.15) is 16.7 Å². The van der Waals surface area contributed by atoms with Crippen molar-refractivity contribution in [3.8, 4) is 0 Å². The zero-order valence-electron chi connectivity index (χ0n) is 12.8. The lowest BCUT2D eigenvalue weighted by molar-refractivity contribution is -0.123. The monoisotopic (exact) mass is 296 g/mol. The number of nitrogens with one attached hydrogen (secondary N) is 2. The number of para-hydroxylation sites is 1. The summed E-state index contributed by atoms with van der Waals surface area (Å²) >= 11 is 0. The smallest absolute Gasteiger partial charge is 0.243 e. The minimum absolute atomic E-state index is 0.0287. The molecule has 2 rings (SSSR count). The first kappa shape index (κ1) is 15.8. The van der Waals surface area contributed by atoms with Crippen LogP contribution in [0.3, 0.4) is 0 Å². The predicted molar refractivity (Wildman–Crippen MR) is 87.7 cm³/mol. The molecule has 2 aromatic carbocycles. The third kappa shape index (κ3) is 4.74. The average Bonchev–Trinajstić information content (AvgIpc) is 2.50. The van der Waals surface area contributed by atoms with Crippen LogP contribution in [-0.2, 0) is 16.0 Å². The van der Waals surface area contributed by atoms with E-state index in [-0.39, 0.29) is 24.8 Å². The Morgan fingerprint density at radius 3 is 2.27 bits per heavy atom. The van der Waals surface area contributed by atoms with Gasteiger partial charge in [0.1, 0.15) is 0 Å². The van der Waals surface area contributed by atoms with Crippen LogP contribution < -0.4 is 10.6 Å². The van der Waals surface area contributed by atoms with Crippen molar-refractivity contribution in [2.24, 2.45) is 0 Å². The normalized spacial score (nSPS) is 10.1. The SMILES string of the molecule is Cc1ccc(CC(=O)NCC(=O)Nc2ccccc2C)cc1. The summed E-state index contributed by atoms with van der Waals surface area (Å²) in [6.07, 6.45) is 0.276. The second-order valence-corrected chi connectivity index (χ2v) is 5.30. The highest BCUT2D eigenvalue weighted by Gasteiger charge is 2.07. The van der Waals surface area contributed by atoms with Gasteiger partial charge in [-0.2, -0.15) is 0 Å². The molecule has 22 heavy (non-hydrogen) atoms. The molecule has 0 aliphatic carbocycles. The average molecular weight is 296 g/mol. The molecule has 0 spiro atoms. The zero-order chi connectivity index (χ0) is 15.9. The molecule has 0 fully saturated rings. The van der Waals surface area contributed by atoms with E-state index in [9.17, 15) is 9.59 Å². The summed E-state index contributed by atoms with van der Waals surface area (Å²) in [5, 5.41) is 5.42. The Balaban J connectivity index is 1.79. The number of amides is 2. The van der Waals surface area contributed by atoms with Crippen LogP contribution in [0.4, 0.5) is 5.69 Å². The largest absolute Gasteiger partial charge is 0.347 e. The van der Waals surface area contributed by atoms with Crippen molar-refractivity contribution >= 4 is 17.5 Å². The lowest BCUT2D eigenvalue weighted by Gasteiger charge is -2.09. The molecule has 0 saturated carbocycles. The maximum atomic E-state index is 11.8. The summed E-state index contributed by atoms with van der Waals surface area (Å²) in [4.78, 5) is 23.7. The van der Waals surface area contributed by atoms with Crippen LogP contribution >= 0.6 is 0 Å². The molecule has 4 heteroatoms. The fourth-order valence-corrected chi connectivity index (χ4v) is 2.04. The maximum absolute atomic E-state index is 11.8. The van der Waals surface area contributed by atoms with Crippen molar-refractivity contribution < 1.29 is 9.59 Å². The fraction of sp³-hybridized carbons (Fsp3) is 0.222. The molecule has 4 nitrogen and oxygen atoms in total. The minimum atomic E-state index is -0.230. The lowest BCUT2D eigenvalue weighted by Crippen LogP contribution is -2.33. The molecule has 114 valence electrons. The van der Waals surface area contributed by atoms with Crippen LogP contribution in [0, 0.1) is 13.8 Å². The number of aryl methyl sites for hydroxylation is 2. The standard InChI is InChI=1S/C18H20N2O2/c1-13-7-9-15(10-8-13)11-17(21)19-12-18(22)20-16-6-4-3-5-14(16)2/h3-10H,11-12H2,1-2H3,(H,19,21)(H,20,22). The Morgan fingerprint density at radius 2 is 1.59 bits per heavy atom. The Labute approximate surface area is 130 Å². The Bertz CT molecular complexity index is 663. The summed E-state index contributed by atoms with van der Waals surface area (Å²) < 4.78 is 0. The fourth-order valence-electron chi connectivity index (χ4n) is 2.04. The highest BCUT2D eigenvalue weighted by atomic mass is 16.2. The van der Waals surface area contributed by atoms with E-state index in [0.29, 0.717) is 0 Å². The third-order valence-electron chi connectivity index (χ3n) is 3.35. The topological polar surface area (TPSA) is 58.2 Å². The van der Waals surface area contributed by atoms with Crippen LogP contribution in [0.2, 0.25) is 0 Å². The van der Waals surface area contributed by atoms with Gasteiger partial charge >= 0.3 is 0 Å². The van der Waals surface area contributed by atoms with Crippen LogP contribution in [0.5, 0.6) is 0 Å². The number of anilines is 1.